The van der Waals surface area contributed by atoms with Crippen molar-refractivity contribution in [1.29, 1.82) is 0 Å². The fraction of sp³-hybridized carbons (Fsp3) is 0.133. The molecule has 0 saturated carbocycles. The molecule has 102 valence electrons. The average Bonchev–Trinajstić information content (AvgIpc) is 2.79. The summed E-state index contributed by atoms with van der Waals surface area (Å²) in [5, 5.41) is 0.575. The van der Waals surface area contributed by atoms with E-state index in [9.17, 15) is 4.39 Å². The molecular formula is C15H11Cl2FN2. The van der Waals surface area contributed by atoms with Gasteiger partial charge in [-0.3, -0.25) is 4.57 Å². The van der Waals surface area contributed by atoms with Crippen LogP contribution in [0.25, 0.3) is 16.7 Å². The number of imidazole rings is 1. The molecule has 0 unspecified atom stereocenters. The van der Waals surface area contributed by atoms with E-state index in [0.717, 1.165) is 11.3 Å². The Hall–Kier alpha value is -1.58. The Bertz CT molecular complexity index is 796. The molecule has 0 fully saturated rings. The van der Waals surface area contributed by atoms with Gasteiger partial charge in [-0.25, -0.2) is 9.37 Å². The van der Waals surface area contributed by atoms with Gasteiger partial charge in [-0.1, -0.05) is 17.7 Å². The highest BCUT2D eigenvalue weighted by Gasteiger charge is 2.14. The Labute approximate surface area is 125 Å². The molecule has 2 aromatic carbocycles. The van der Waals surface area contributed by atoms with Gasteiger partial charge in [0.1, 0.15) is 11.6 Å². The van der Waals surface area contributed by atoms with E-state index in [4.69, 9.17) is 23.2 Å². The summed E-state index contributed by atoms with van der Waals surface area (Å²) in [6, 6.07) is 10.1. The first-order chi connectivity index (χ1) is 9.60. The normalized spacial score (nSPS) is 11.2. The third-order valence-electron chi connectivity index (χ3n) is 3.15. The fourth-order valence-corrected chi connectivity index (χ4v) is 2.63. The van der Waals surface area contributed by atoms with Crippen molar-refractivity contribution in [1.82, 2.24) is 9.55 Å². The molecule has 3 rings (SSSR count). The van der Waals surface area contributed by atoms with E-state index < -0.39 is 0 Å². The largest absolute Gasteiger partial charge is 0.294 e. The molecule has 0 aliphatic heterocycles. The molecule has 5 heteroatoms. The van der Waals surface area contributed by atoms with Crippen molar-refractivity contribution in [3.05, 3.63) is 58.6 Å². The van der Waals surface area contributed by atoms with Gasteiger partial charge in [0.25, 0.3) is 0 Å². The van der Waals surface area contributed by atoms with Crippen molar-refractivity contribution in [3.8, 4) is 5.69 Å². The molecule has 0 atom stereocenters. The maximum atomic E-state index is 13.5. The number of hydrogen-bond acceptors (Lipinski definition) is 1. The molecule has 0 radical (unpaired) electrons. The summed E-state index contributed by atoms with van der Waals surface area (Å²) in [5.74, 6) is 0.545. The predicted octanol–water partition coefficient (Wildman–Crippen LogP) is 4.87. The van der Waals surface area contributed by atoms with E-state index in [1.807, 2.05) is 25.1 Å². The Morgan fingerprint density at radius 2 is 2.00 bits per heavy atom. The van der Waals surface area contributed by atoms with Crippen LogP contribution in [0.5, 0.6) is 0 Å². The molecule has 3 aromatic rings. The lowest BCUT2D eigenvalue weighted by Gasteiger charge is -2.11. The maximum Gasteiger partial charge on any atom is 0.129 e. The van der Waals surface area contributed by atoms with E-state index in [0.29, 0.717) is 21.9 Å². The zero-order chi connectivity index (χ0) is 14.3. The molecule has 0 N–H and O–H groups in total. The number of nitrogens with zero attached hydrogens (tertiary/aromatic N) is 2. The van der Waals surface area contributed by atoms with Gasteiger partial charge in [0.2, 0.25) is 0 Å². The highest BCUT2D eigenvalue weighted by Crippen LogP contribution is 2.28. The SMILES string of the molecule is Cc1ccc(Cl)c(-n2c(CCl)nc3ccc(F)cc32)c1. The highest BCUT2D eigenvalue weighted by molar-refractivity contribution is 6.32. The van der Waals surface area contributed by atoms with Crippen LogP contribution in [0.15, 0.2) is 36.4 Å². The topological polar surface area (TPSA) is 17.8 Å². The summed E-state index contributed by atoms with van der Waals surface area (Å²) >= 11 is 12.2. The number of aryl methyl sites for hydroxylation is 1. The van der Waals surface area contributed by atoms with Crippen LogP contribution in [-0.4, -0.2) is 9.55 Å². The van der Waals surface area contributed by atoms with Crippen LogP contribution in [0.1, 0.15) is 11.4 Å². The molecule has 0 aliphatic carbocycles. The highest BCUT2D eigenvalue weighted by atomic mass is 35.5. The van der Waals surface area contributed by atoms with Crippen molar-refractivity contribution in [2.45, 2.75) is 12.8 Å². The van der Waals surface area contributed by atoms with Crippen molar-refractivity contribution in [3.63, 3.8) is 0 Å². The Morgan fingerprint density at radius 3 is 2.75 bits per heavy atom. The summed E-state index contributed by atoms with van der Waals surface area (Å²) in [7, 11) is 0. The first-order valence-electron chi connectivity index (χ1n) is 6.09. The van der Waals surface area contributed by atoms with E-state index in [-0.39, 0.29) is 11.7 Å². The van der Waals surface area contributed by atoms with Gasteiger partial charge in [0, 0.05) is 6.07 Å². The van der Waals surface area contributed by atoms with Crippen molar-refractivity contribution < 1.29 is 4.39 Å². The van der Waals surface area contributed by atoms with Crippen LogP contribution in [0.2, 0.25) is 5.02 Å². The minimum absolute atomic E-state index is 0.223. The molecular weight excluding hydrogens is 298 g/mol. The second-order valence-electron chi connectivity index (χ2n) is 4.58. The smallest absolute Gasteiger partial charge is 0.129 e. The van der Waals surface area contributed by atoms with E-state index in [2.05, 4.69) is 4.98 Å². The van der Waals surface area contributed by atoms with Crippen LogP contribution in [-0.2, 0) is 5.88 Å². The number of fused-ring (bicyclic) bond motifs is 1. The molecule has 0 aliphatic rings. The first kappa shape index (κ1) is 13.4. The van der Waals surface area contributed by atoms with Gasteiger partial charge >= 0.3 is 0 Å². The average molecular weight is 309 g/mol. The lowest BCUT2D eigenvalue weighted by molar-refractivity contribution is 0.629. The Morgan fingerprint density at radius 1 is 1.20 bits per heavy atom. The first-order valence-corrected chi connectivity index (χ1v) is 7.01. The second-order valence-corrected chi connectivity index (χ2v) is 5.26. The standard InChI is InChI=1S/C15H11Cl2FN2/c1-9-2-4-11(17)13(6-9)20-14-7-10(18)3-5-12(14)19-15(20)8-16/h2-7H,8H2,1H3. The Balaban J connectivity index is 2.39. The third-order valence-corrected chi connectivity index (χ3v) is 3.71. The summed E-state index contributed by atoms with van der Waals surface area (Å²) in [6.45, 7) is 1.97. The quantitative estimate of drug-likeness (QED) is 0.618. The Kier molecular flexibility index (Phi) is 3.40. The number of alkyl halides is 1. The minimum Gasteiger partial charge on any atom is -0.294 e. The number of halogens is 3. The molecule has 1 heterocycles. The van der Waals surface area contributed by atoms with Gasteiger partial charge < -0.3 is 0 Å². The molecule has 20 heavy (non-hydrogen) atoms. The van der Waals surface area contributed by atoms with Gasteiger partial charge in [0.05, 0.1) is 27.6 Å². The van der Waals surface area contributed by atoms with Crippen LogP contribution >= 0.6 is 23.2 Å². The van der Waals surface area contributed by atoms with Gasteiger partial charge in [-0.05, 0) is 36.8 Å². The van der Waals surface area contributed by atoms with E-state index in [1.165, 1.54) is 12.1 Å². The van der Waals surface area contributed by atoms with Gasteiger partial charge in [-0.15, -0.1) is 11.6 Å². The number of rotatable bonds is 2. The molecule has 1 aromatic heterocycles. The zero-order valence-corrected chi connectivity index (χ0v) is 12.2. The molecule has 0 saturated heterocycles. The zero-order valence-electron chi connectivity index (χ0n) is 10.7. The summed E-state index contributed by atoms with van der Waals surface area (Å²) in [6.07, 6.45) is 0. The summed E-state index contributed by atoms with van der Waals surface area (Å²) in [5.41, 5.74) is 3.17. The predicted molar refractivity (Wildman–Crippen MR) is 80.3 cm³/mol. The van der Waals surface area contributed by atoms with Crippen LogP contribution < -0.4 is 0 Å². The maximum absolute atomic E-state index is 13.5. The third kappa shape index (κ3) is 2.17. The number of hydrogen-bond donors (Lipinski definition) is 0. The fourth-order valence-electron chi connectivity index (χ4n) is 2.25. The lowest BCUT2D eigenvalue weighted by Crippen LogP contribution is -2.00. The second kappa shape index (κ2) is 5.08. The molecule has 0 bridgehead atoms. The van der Waals surface area contributed by atoms with E-state index in [1.54, 1.807) is 10.6 Å². The monoisotopic (exact) mass is 308 g/mol. The van der Waals surface area contributed by atoms with Crippen LogP contribution in [0.3, 0.4) is 0 Å². The van der Waals surface area contributed by atoms with Gasteiger partial charge in [0.15, 0.2) is 0 Å². The minimum atomic E-state index is -0.316. The van der Waals surface area contributed by atoms with Crippen molar-refractivity contribution >= 4 is 34.2 Å². The molecule has 0 amide bonds. The molecule has 0 spiro atoms. The van der Waals surface area contributed by atoms with Crippen LogP contribution in [0.4, 0.5) is 4.39 Å². The van der Waals surface area contributed by atoms with Gasteiger partial charge in [-0.2, -0.15) is 0 Å². The summed E-state index contributed by atoms with van der Waals surface area (Å²) < 4.78 is 15.3. The van der Waals surface area contributed by atoms with Crippen LogP contribution in [0, 0.1) is 12.7 Å². The lowest BCUT2D eigenvalue weighted by atomic mass is 10.2. The van der Waals surface area contributed by atoms with Crippen molar-refractivity contribution in [2.24, 2.45) is 0 Å². The summed E-state index contributed by atoms with van der Waals surface area (Å²) in [4.78, 5) is 4.43. The van der Waals surface area contributed by atoms with Crippen molar-refractivity contribution in [2.75, 3.05) is 0 Å². The van der Waals surface area contributed by atoms with E-state index >= 15 is 0 Å². The molecule has 2 nitrogen and oxygen atoms in total. The number of benzene rings is 2. The number of aromatic nitrogens is 2.